The molecule has 0 unspecified atom stereocenters. The molecular formula is C27H23N3O3. The molecule has 0 aliphatic heterocycles. The standard InChI is InChI=1S/C27H23N3O3/c1-20(17-21-11-5-2-6-12-21)18-24(29-26(32)23-15-9-4-10-16-23)27(33)30-28-19-25(31)22-13-7-3-8-14-22/h2-19H,1H3,(H,29,32)(H,30,33)/b20-17+,24-18+,28-19-. The van der Waals surface area contributed by atoms with E-state index in [0.29, 0.717) is 11.1 Å². The number of nitrogens with zero attached hydrogens (tertiary/aromatic N) is 1. The summed E-state index contributed by atoms with van der Waals surface area (Å²) in [6, 6.07) is 26.7. The van der Waals surface area contributed by atoms with Gasteiger partial charge in [-0.1, -0.05) is 84.9 Å². The van der Waals surface area contributed by atoms with Crippen LogP contribution < -0.4 is 10.7 Å². The third kappa shape index (κ3) is 7.25. The number of hydrazone groups is 1. The highest BCUT2D eigenvalue weighted by Gasteiger charge is 2.14. The van der Waals surface area contributed by atoms with E-state index in [9.17, 15) is 14.4 Å². The zero-order valence-corrected chi connectivity index (χ0v) is 18.1. The van der Waals surface area contributed by atoms with Crippen LogP contribution in [-0.2, 0) is 4.79 Å². The largest absolute Gasteiger partial charge is 0.317 e. The molecule has 6 heteroatoms. The summed E-state index contributed by atoms with van der Waals surface area (Å²) in [7, 11) is 0. The number of allylic oxidation sites excluding steroid dienone is 2. The van der Waals surface area contributed by atoms with Gasteiger partial charge in [0.1, 0.15) is 5.70 Å². The lowest BCUT2D eigenvalue weighted by Crippen LogP contribution is -2.33. The van der Waals surface area contributed by atoms with Gasteiger partial charge in [-0.05, 0) is 36.3 Å². The van der Waals surface area contributed by atoms with Gasteiger partial charge in [0.05, 0.1) is 6.21 Å². The Morgan fingerprint density at radius 1 is 0.758 bits per heavy atom. The number of benzene rings is 3. The first-order valence-corrected chi connectivity index (χ1v) is 10.3. The van der Waals surface area contributed by atoms with Crippen LogP contribution in [-0.4, -0.2) is 23.8 Å². The van der Waals surface area contributed by atoms with E-state index in [4.69, 9.17) is 0 Å². The van der Waals surface area contributed by atoms with Crippen LogP contribution >= 0.6 is 0 Å². The van der Waals surface area contributed by atoms with E-state index in [1.807, 2.05) is 43.3 Å². The number of ketones is 1. The number of carbonyl (C=O) groups is 3. The number of nitrogens with one attached hydrogen (secondary N) is 2. The van der Waals surface area contributed by atoms with Crippen LogP contribution in [0.1, 0.15) is 33.2 Å². The molecule has 2 N–H and O–H groups in total. The molecule has 164 valence electrons. The van der Waals surface area contributed by atoms with Gasteiger partial charge in [0.15, 0.2) is 0 Å². The summed E-state index contributed by atoms with van der Waals surface area (Å²) >= 11 is 0. The average Bonchev–Trinajstić information content (AvgIpc) is 2.85. The van der Waals surface area contributed by atoms with Crippen LogP contribution in [0.25, 0.3) is 6.08 Å². The first-order valence-electron chi connectivity index (χ1n) is 10.3. The molecule has 0 radical (unpaired) electrons. The molecule has 0 saturated carbocycles. The number of hydrogen-bond acceptors (Lipinski definition) is 4. The normalized spacial score (nSPS) is 11.8. The van der Waals surface area contributed by atoms with E-state index in [1.54, 1.807) is 66.7 Å². The topological polar surface area (TPSA) is 87.6 Å². The second-order valence-corrected chi connectivity index (χ2v) is 7.11. The number of Topliss-reactive ketones (excluding diaryl/α,β-unsaturated/α-hetero) is 1. The number of amides is 2. The molecule has 2 amide bonds. The Labute approximate surface area is 192 Å². The minimum Gasteiger partial charge on any atom is -0.317 e. The quantitative estimate of drug-likeness (QED) is 0.180. The molecule has 3 aromatic rings. The molecule has 0 fully saturated rings. The van der Waals surface area contributed by atoms with Crippen LogP contribution in [0.3, 0.4) is 0 Å². The minimum atomic E-state index is -0.655. The van der Waals surface area contributed by atoms with Gasteiger partial charge in [-0.3, -0.25) is 14.4 Å². The Hall–Kier alpha value is -4.58. The number of carbonyl (C=O) groups excluding carboxylic acids is 3. The van der Waals surface area contributed by atoms with Crippen molar-refractivity contribution >= 4 is 29.9 Å². The SMILES string of the molecule is CC(=C\c1ccccc1)/C=C(/NC(=O)c1ccccc1)C(=O)N/N=C\C(=O)c1ccccc1. The monoisotopic (exact) mass is 437 g/mol. The highest BCUT2D eigenvalue weighted by molar-refractivity contribution is 6.35. The maximum absolute atomic E-state index is 12.8. The Balaban J connectivity index is 1.78. The number of rotatable bonds is 8. The maximum atomic E-state index is 12.8. The molecular weight excluding hydrogens is 414 g/mol. The Morgan fingerprint density at radius 2 is 1.30 bits per heavy atom. The third-order valence-corrected chi connectivity index (χ3v) is 4.50. The van der Waals surface area contributed by atoms with Crippen molar-refractivity contribution in [1.29, 1.82) is 0 Å². The molecule has 3 rings (SSSR count). The Kier molecular flexibility index (Phi) is 8.20. The summed E-state index contributed by atoms with van der Waals surface area (Å²) in [5.41, 5.74) is 4.85. The fourth-order valence-corrected chi connectivity index (χ4v) is 2.91. The molecule has 3 aromatic carbocycles. The lowest BCUT2D eigenvalue weighted by atomic mass is 10.1. The molecule has 0 aliphatic rings. The summed E-state index contributed by atoms with van der Waals surface area (Å²) in [5, 5.41) is 6.38. The summed E-state index contributed by atoms with van der Waals surface area (Å²) in [4.78, 5) is 37.5. The number of hydrogen-bond donors (Lipinski definition) is 2. The van der Waals surface area contributed by atoms with E-state index >= 15 is 0 Å². The lowest BCUT2D eigenvalue weighted by Gasteiger charge is -2.09. The van der Waals surface area contributed by atoms with Crippen molar-refractivity contribution in [1.82, 2.24) is 10.7 Å². The van der Waals surface area contributed by atoms with Crippen LogP contribution in [0.2, 0.25) is 0 Å². The Morgan fingerprint density at radius 3 is 1.91 bits per heavy atom. The van der Waals surface area contributed by atoms with Crippen LogP contribution in [0, 0.1) is 0 Å². The second-order valence-electron chi connectivity index (χ2n) is 7.11. The summed E-state index contributed by atoms with van der Waals surface area (Å²) in [6.07, 6.45) is 4.46. The highest BCUT2D eigenvalue weighted by atomic mass is 16.2. The minimum absolute atomic E-state index is 0.00200. The van der Waals surface area contributed by atoms with Crippen molar-refractivity contribution in [3.63, 3.8) is 0 Å². The van der Waals surface area contributed by atoms with Gasteiger partial charge in [0, 0.05) is 11.1 Å². The van der Waals surface area contributed by atoms with Crippen molar-refractivity contribution in [3.8, 4) is 0 Å². The summed E-state index contributed by atoms with van der Waals surface area (Å²) in [5.74, 6) is -1.44. The van der Waals surface area contributed by atoms with Gasteiger partial charge in [0.25, 0.3) is 11.8 Å². The van der Waals surface area contributed by atoms with Gasteiger partial charge in [-0.25, -0.2) is 5.43 Å². The van der Waals surface area contributed by atoms with Crippen LogP contribution in [0.4, 0.5) is 0 Å². The van der Waals surface area contributed by atoms with E-state index in [-0.39, 0.29) is 11.5 Å². The van der Waals surface area contributed by atoms with Gasteiger partial charge in [0.2, 0.25) is 5.78 Å². The summed E-state index contributed by atoms with van der Waals surface area (Å²) < 4.78 is 0. The first kappa shape index (κ1) is 23.1. The van der Waals surface area contributed by atoms with Crippen molar-refractivity contribution in [2.45, 2.75) is 6.92 Å². The molecule has 0 spiro atoms. The van der Waals surface area contributed by atoms with Crippen molar-refractivity contribution in [2.24, 2.45) is 5.10 Å². The Bertz CT molecular complexity index is 1200. The second kappa shape index (κ2) is 11.7. The van der Waals surface area contributed by atoms with Gasteiger partial charge < -0.3 is 5.32 Å². The third-order valence-electron chi connectivity index (χ3n) is 4.50. The molecule has 0 heterocycles. The predicted molar refractivity (Wildman–Crippen MR) is 129 cm³/mol. The molecule has 6 nitrogen and oxygen atoms in total. The van der Waals surface area contributed by atoms with E-state index < -0.39 is 11.8 Å². The predicted octanol–water partition coefficient (Wildman–Crippen LogP) is 4.39. The van der Waals surface area contributed by atoms with Gasteiger partial charge >= 0.3 is 0 Å². The average molecular weight is 437 g/mol. The molecule has 33 heavy (non-hydrogen) atoms. The highest BCUT2D eigenvalue weighted by Crippen LogP contribution is 2.10. The van der Waals surface area contributed by atoms with Gasteiger partial charge in [-0.15, -0.1) is 0 Å². The van der Waals surface area contributed by atoms with E-state index in [1.165, 1.54) is 0 Å². The lowest BCUT2D eigenvalue weighted by molar-refractivity contribution is -0.117. The van der Waals surface area contributed by atoms with E-state index in [0.717, 1.165) is 17.4 Å². The summed E-state index contributed by atoms with van der Waals surface area (Å²) in [6.45, 7) is 1.82. The smallest absolute Gasteiger partial charge is 0.287 e. The van der Waals surface area contributed by atoms with Crippen LogP contribution in [0.15, 0.2) is 113 Å². The zero-order valence-electron chi connectivity index (χ0n) is 18.1. The maximum Gasteiger partial charge on any atom is 0.287 e. The van der Waals surface area contributed by atoms with E-state index in [2.05, 4.69) is 15.8 Å². The molecule has 0 aliphatic carbocycles. The van der Waals surface area contributed by atoms with Crippen molar-refractivity contribution in [2.75, 3.05) is 0 Å². The van der Waals surface area contributed by atoms with Crippen LogP contribution in [0.5, 0.6) is 0 Å². The molecule has 0 saturated heterocycles. The molecule has 0 atom stereocenters. The molecule has 0 bridgehead atoms. The fraction of sp³-hybridized carbons (Fsp3) is 0.0370. The first-order chi connectivity index (χ1) is 16.0. The molecule has 0 aromatic heterocycles. The van der Waals surface area contributed by atoms with Crippen molar-refractivity contribution < 1.29 is 14.4 Å². The van der Waals surface area contributed by atoms with Gasteiger partial charge in [-0.2, -0.15) is 5.10 Å². The van der Waals surface area contributed by atoms with Crippen molar-refractivity contribution in [3.05, 3.63) is 125 Å². The fourth-order valence-electron chi connectivity index (χ4n) is 2.91. The zero-order chi connectivity index (χ0) is 23.5.